The minimum absolute atomic E-state index is 0.0735. The van der Waals surface area contributed by atoms with Crippen LogP contribution >= 0.6 is 0 Å². The van der Waals surface area contributed by atoms with Crippen molar-refractivity contribution < 1.29 is 47.9 Å². The summed E-state index contributed by atoms with van der Waals surface area (Å²) in [4.78, 5) is 56.6. The van der Waals surface area contributed by atoms with Gasteiger partial charge in [0, 0.05) is 49.7 Å². The Morgan fingerprint density at radius 3 is 1.41 bits per heavy atom. The van der Waals surface area contributed by atoms with Gasteiger partial charge in [-0.2, -0.15) is 0 Å². The molecule has 328 valence electrons. The van der Waals surface area contributed by atoms with Crippen LogP contribution in [0, 0.1) is 37.5 Å². The summed E-state index contributed by atoms with van der Waals surface area (Å²) in [6.07, 6.45) is 1.32. The maximum Gasteiger partial charge on any atom is 0.268 e. The molecule has 0 spiro atoms. The first-order valence-corrected chi connectivity index (χ1v) is 19.5. The van der Waals surface area contributed by atoms with Gasteiger partial charge in [-0.05, 0) is 64.1 Å². The van der Waals surface area contributed by atoms with E-state index in [4.69, 9.17) is 30.0 Å². The van der Waals surface area contributed by atoms with E-state index in [0.717, 1.165) is 0 Å². The molecule has 0 bridgehead atoms. The number of nitrogens with zero attached hydrogens (tertiary/aromatic N) is 6. The van der Waals surface area contributed by atoms with Crippen LogP contribution in [0.2, 0.25) is 0 Å². The molecular formula is C44H42N10O10. The zero-order valence-electron chi connectivity index (χ0n) is 35.3. The Labute approximate surface area is 364 Å². The number of nitrogens with two attached hydrogens (primary N) is 2. The Morgan fingerprint density at radius 2 is 1.08 bits per heavy atom. The molecule has 0 saturated carbocycles. The molecule has 4 amide bonds. The highest BCUT2D eigenvalue weighted by atomic mass is 16.5. The molecule has 2 aliphatic heterocycles. The molecule has 0 saturated heterocycles. The van der Waals surface area contributed by atoms with Crippen LogP contribution in [-0.2, 0) is 33.9 Å². The summed E-state index contributed by atoms with van der Waals surface area (Å²) >= 11 is 0. The highest BCUT2D eigenvalue weighted by Crippen LogP contribution is 2.36. The number of ether oxygens (including phenoxy) is 2. The van der Waals surface area contributed by atoms with E-state index in [-0.39, 0.29) is 36.3 Å². The van der Waals surface area contributed by atoms with E-state index in [1.807, 2.05) is 0 Å². The lowest BCUT2D eigenvalue weighted by molar-refractivity contribution is -0.128. The van der Waals surface area contributed by atoms with Gasteiger partial charge in [-0.25, -0.2) is 9.97 Å². The first-order valence-electron chi connectivity index (χ1n) is 19.5. The minimum Gasteiger partial charge on any atom is -0.478 e. The number of nitrogens with one attached hydrogen (secondary N) is 2. The van der Waals surface area contributed by atoms with E-state index in [2.05, 4.69) is 54.6 Å². The van der Waals surface area contributed by atoms with Gasteiger partial charge in [0.15, 0.2) is 23.4 Å². The quantitative estimate of drug-likeness (QED) is 0.129. The molecule has 0 unspecified atom stereocenters. The van der Waals surface area contributed by atoms with Crippen LogP contribution < -0.4 is 31.6 Å². The Hall–Kier alpha value is -8.20. The number of aryl methyl sites for hydroxylation is 2. The van der Waals surface area contributed by atoms with Crippen molar-refractivity contribution in [3.05, 3.63) is 106 Å². The van der Waals surface area contributed by atoms with Crippen LogP contribution in [-0.4, -0.2) is 89.6 Å². The number of hydrogen-bond acceptors (Lipinski definition) is 14. The second-order valence-corrected chi connectivity index (χ2v) is 15.1. The van der Waals surface area contributed by atoms with Gasteiger partial charge in [0.2, 0.25) is 0 Å². The van der Waals surface area contributed by atoms with Gasteiger partial charge in [-0.1, -0.05) is 34.0 Å². The van der Waals surface area contributed by atoms with Crippen molar-refractivity contribution >= 4 is 23.6 Å². The van der Waals surface area contributed by atoms with Crippen LogP contribution in [0.1, 0.15) is 68.9 Å². The van der Waals surface area contributed by atoms with Gasteiger partial charge in [0.05, 0.1) is 24.2 Å². The Bertz CT molecular complexity index is 2750. The number of carbonyl (C=O) groups is 4. The van der Waals surface area contributed by atoms with Gasteiger partial charge < -0.3 is 60.0 Å². The standard InChI is InChI=1S/2C22H21N5O5/c2*1-12-8-18(26-32-12)22(2,30)7-6-13-4-5-16-14(9-13)20-25-15(19(23)28)10-27(20)11-17(31-16)21(29)24-3/h2*4-5,8-10,17,30H,11H2,1-3H3,(H2,23,28)(H,24,29)/t17-,22+;17-,22-/m01/s1. The summed E-state index contributed by atoms with van der Waals surface area (Å²) in [7, 11) is 3.03. The Balaban J connectivity index is 0.000000191. The monoisotopic (exact) mass is 870 g/mol. The molecule has 2 aliphatic rings. The van der Waals surface area contributed by atoms with E-state index in [1.165, 1.54) is 40.3 Å². The number of fused-ring (bicyclic) bond motifs is 6. The van der Waals surface area contributed by atoms with Crippen LogP contribution in [0.25, 0.3) is 22.8 Å². The molecule has 64 heavy (non-hydrogen) atoms. The van der Waals surface area contributed by atoms with Crippen LogP contribution in [0.5, 0.6) is 11.5 Å². The molecule has 0 fully saturated rings. The third kappa shape index (κ3) is 9.18. The number of primary amides is 2. The average Bonchev–Trinajstić information content (AvgIpc) is 4.07. The largest absolute Gasteiger partial charge is 0.478 e. The summed E-state index contributed by atoms with van der Waals surface area (Å²) in [5.41, 5.74) is 10.7. The summed E-state index contributed by atoms with van der Waals surface area (Å²) in [6.45, 7) is 6.77. The topological polar surface area (TPSA) is 291 Å². The van der Waals surface area contributed by atoms with Gasteiger partial charge >= 0.3 is 0 Å². The molecule has 2 aromatic carbocycles. The van der Waals surface area contributed by atoms with E-state index in [1.54, 1.807) is 71.5 Å². The van der Waals surface area contributed by atoms with E-state index >= 15 is 0 Å². The number of amides is 4. The maximum absolute atomic E-state index is 12.3. The SMILES string of the molecule is CNC(=O)[C@@H]1Cn2cc(C(N)=O)nc2-c2cc(C#C[C@@](C)(O)c3cc(C)on3)ccc2O1.CNC(=O)[C@H]1Cn2cc(C(N)=O)nc2-c2cc(C#C[C@@](C)(O)c3cc(C)on3)ccc2O1. The van der Waals surface area contributed by atoms with Crippen LogP contribution in [0.3, 0.4) is 0 Å². The molecule has 4 aromatic heterocycles. The molecule has 8 N–H and O–H groups in total. The second kappa shape index (κ2) is 17.3. The Kier molecular flexibility index (Phi) is 11.8. The predicted molar refractivity (Wildman–Crippen MR) is 225 cm³/mol. The zero-order chi connectivity index (χ0) is 46.1. The molecule has 6 aromatic rings. The van der Waals surface area contributed by atoms with E-state index < -0.39 is 35.2 Å². The summed E-state index contributed by atoms with van der Waals surface area (Å²) < 4.78 is 25.2. The number of aliphatic hydroxyl groups is 2. The van der Waals surface area contributed by atoms with Gasteiger partial charge in [-0.3, -0.25) is 19.2 Å². The third-order valence-corrected chi connectivity index (χ3v) is 9.99. The number of rotatable bonds is 6. The second-order valence-electron chi connectivity index (χ2n) is 15.1. The van der Waals surface area contributed by atoms with Crippen molar-refractivity contribution in [1.82, 2.24) is 40.0 Å². The van der Waals surface area contributed by atoms with Crippen molar-refractivity contribution in [2.45, 2.75) is 64.2 Å². The van der Waals surface area contributed by atoms with Gasteiger partial charge in [-0.15, -0.1) is 0 Å². The molecule has 8 rings (SSSR count). The number of aromatic nitrogens is 6. The zero-order valence-corrected chi connectivity index (χ0v) is 35.3. The van der Waals surface area contributed by atoms with E-state index in [0.29, 0.717) is 68.3 Å². The van der Waals surface area contributed by atoms with Crippen molar-refractivity contribution in [1.29, 1.82) is 0 Å². The summed E-state index contributed by atoms with van der Waals surface area (Å²) in [6, 6.07) is 13.4. The Morgan fingerprint density at radius 1 is 0.688 bits per heavy atom. The lowest BCUT2D eigenvalue weighted by Crippen LogP contribution is -2.38. The van der Waals surface area contributed by atoms with E-state index in [9.17, 15) is 29.4 Å². The summed E-state index contributed by atoms with van der Waals surface area (Å²) in [5, 5.41) is 34.1. The molecule has 20 nitrogen and oxygen atoms in total. The number of imidazole rings is 2. The highest BCUT2D eigenvalue weighted by Gasteiger charge is 2.32. The van der Waals surface area contributed by atoms with Gasteiger partial charge in [0.1, 0.15) is 57.4 Å². The molecule has 0 radical (unpaired) electrons. The van der Waals surface area contributed by atoms with Crippen molar-refractivity contribution in [2.24, 2.45) is 11.5 Å². The first kappa shape index (κ1) is 43.9. The average molecular weight is 871 g/mol. The fourth-order valence-corrected chi connectivity index (χ4v) is 6.59. The predicted octanol–water partition coefficient (Wildman–Crippen LogP) is 1.42. The van der Waals surface area contributed by atoms with Crippen molar-refractivity contribution in [3.8, 4) is 58.0 Å². The molecule has 0 aliphatic carbocycles. The smallest absolute Gasteiger partial charge is 0.268 e. The number of likely N-dealkylation sites (N-methyl/N-ethyl adjacent to an activating group) is 2. The van der Waals surface area contributed by atoms with Crippen LogP contribution in [0.15, 0.2) is 70.0 Å². The highest BCUT2D eigenvalue weighted by molar-refractivity contribution is 5.92. The fourth-order valence-electron chi connectivity index (χ4n) is 6.59. The molecule has 4 atom stereocenters. The molecule has 6 heterocycles. The van der Waals surface area contributed by atoms with Crippen LogP contribution in [0.4, 0.5) is 0 Å². The van der Waals surface area contributed by atoms with Gasteiger partial charge in [0.25, 0.3) is 23.6 Å². The maximum atomic E-state index is 12.3. The van der Waals surface area contributed by atoms with Crippen molar-refractivity contribution in [3.63, 3.8) is 0 Å². The third-order valence-electron chi connectivity index (χ3n) is 9.99. The normalized spacial score (nSPS) is 16.3. The number of hydrogen-bond donors (Lipinski definition) is 6. The molecule has 20 heteroatoms. The summed E-state index contributed by atoms with van der Waals surface area (Å²) in [5.74, 6) is 12.2. The lowest BCUT2D eigenvalue weighted by Gasteiger charge is -2.16. The number of carbonyl (C=O) groups excluding carboxylic acids is 4. The van der Waals surface area contributed by atoms with Crippen molar-refractivity contribution in [2.75, 3.05) is 14.1 Å². The lowest BCUT2D eigenvalue weighted by atomic mass is 10.0. The minimum atomic E-state index is -1.52. The molecular weight excluding hydrogens is 829 g/mol. The fraction of sp³-hybridized carbons (Fsp3) is 0.273. The number of benzene rings is 2. The first-order chi connectivity index (χ1) is 30.3.